The standard InChI is InChI=1S/C8H18N2O3P/c1-9-3-4-10(2)6-8-13-14(11)12-7-5-9/h3-8H2,1-2H3/q+1. The van der Waals surface area contributed by atoms with Crippen molar-refractivity contribution in [2.75, 3.05) is 53.5 Å². The molecule has 0 aromatic heterocycles. The first-order valence-electron chi connectivity index (χ1n) is 4.78. The molecule has 0 aromatic carbocycles. The van der Waals surface area contributed by atoms with Crippen LogP contribution >= 0.6 is 8.25 Å². The van der Waals surface area contributed by atoms with Crippen LogP contribution < -0.4 is 0 Å². The first-order valence-corrected chi connectivity index (χ1v) is 5.88. The van der Waals surface area contributed by atoms with E-state index in [0.29, 0.717) is 13.2 Å². The van der Waals surface area contributed by atoms with Gasteiger partial charge in [-0.15, -0.1) is 9.05 Å². The largest absolute Gasteiger partial charge is 0.697 e. The van der Waals surface area contributed by atoms with Crippen molar-refractivity contribution < 1.29 is 13.6 Å². The number of nitrogens with zero attached hydrogens (tertiary/aromatic N) is 2. The second kappa shape index (κ2) is 6.43. The minimum atomic E-state index is -1.92. The molecule has 0 spiro atoms. The summed E-state index contributed by atoms with van der Waals surface area (Å²) in [5.41, 5.74) is 0. The molecule has 1 aliphatic heterocycles. The highest BCUT2D eigenvalue weighted by Gasteiger charge is 2.21. The Balaban J connectivity index is 2.36. The van der Waals surface area contributed by atoms with Crippen LogP contribution in [0.4, 0.5) is 0 Å². The number of hydrogen-bond acceptors (Lipinski definition) is 5. The SMILES string of the molecule is CN1CCO[P+](=O)OCCN(C)CC1. The summed E-state index contributed by atoms with van der Waals surface area (Å²) in [5.74, 6) is 0. The van der Waals surface area contributed by atoms with Gasteiger partial charge in [-0.3, -0.25) is 0 Å². The zero-order valence-corrected chi connectivity index (χ0v) is 9.70. The minimum Gasteiger partial charge on any atom is -0.303 e. The summed E-state index contributed by atoms with van der Waals surface area (Å²) in [5, 5.41) is 0. The first-order chi connectivity index (χ1) is 6.68. The highest BCUT2D eigenvalue weighted by Crippen LogP contribution is 2.23. The van der Waals surface area contributed by atoms with E-state index in [0.717, 1.165) is 26.2 Å². The average molecular weight is 221 g/mol. The number of hydrogen-bond donors (Lipinski definition) is 0. The summed E-state index contributed by atoms with van der Waals surface area (Å²) in [6, 6.07) is 0. The van der Waals surface area contributed by atoms with Crippen molar-refractivity contribution in [2.24, 2.45) is 0 Å². The lowest BCUT2D eigenvalue weighted by Crippen LogP contribution is -2.33. The minimum absolute atomic E-state index is 0.468. The third kappa shape index (κ3) is 4.98. The second-order valence-corrected chi connectivity index (χ2v) is 4.46. The molecule has 0 N–H and O–H groups in total. The molecule has 0 bridgehead atoms. The fourth-order valence-electron chi connectivity index (χ4n) is 1.14. The fourth-order valence-corrected chi connectivity index (χ4v) is 1.68. The molecule has 0 aromatic rings. The Labute approximate surface area is 85.9 Å². The zero-order valence-electron chi connectivity index (χ0n) is 8.81. The van der Waals surface area contributed by atoms with Crippen LogP contribution in [0.15, 0.2) is 0 Å². The molecular formula is C8H18N2O3P+. The van der Waals surface area contributed by atoms with Crippen molar-refractivity contribution >= 4 is 8.25 Å². The third-order valence-corrected chi connectivity index (χ3v) is 2.99. The smallest absolute Gasteiger partial charge is 0.303 e. The van der Waals surface area contributed by atoms with Gasteiger partial charge in [0.2, 0.25) is 0 Å². The molecule has 5 nitrogen and oxygen atoms in total. The molecule has 14 heavy (non-hydrogen) atoms. The molecule has 1 rings (SSSR count). The van der Waals surface area contributed by atoms with Crippen molar-refractivity contribution in [3.05, 3.63) is 0 Å². The van der Waals surface area contributed by atoms with Crippen LogP contribution in [-0.2, 0) is 13.6 Å². The molecule has 0 amide bonds. The topological polar surface area (TPSA) is 42.0 Å². The second-order valence-electron chi connectivity index (χ2n) is 3.50. The van der Waals surface area contributed by atoms with E-state index in [1.54, 1.807) is 0 Å². The lowest BCUT2D eigenvalue weighted by atomic mass is 10.4. The molecule has 0 aliphatic carbocycles. The van der Waals surface area contributed by atoms with Crippen molar-refractivity contribution in [2.45, 2.75) is 0 Å². The monoisotopic (exact) mass is 221 g/mol. The molecule has 0 unspecified atom stereocenters. The van der Waals surface area contributed by atoms with Crippen molar-refractivity contribution in [3.8, 4) is 0 Å². The molecular weight excluding hydrogens is 203 g/mol. The van der Waals surface area contributed by atoms with Gasteiger partial charge in [0.1, 0.15) is 13.2 Å². The van der Waals surface area contributed by atoms with E-state index >= 15 is 0 Å². The Morgan fingerprint density at radius 2 is 1.36 bits per heavy atom. The lowest BCUT2D eigenvalue weighted by molar-refractivity contribution is 0.204. The highest BCUT2D eigenvalue weighted by atomic mass is 31.1. The van der Waals surface area contributed by atoms with Gasteiger partial charge in [0, 0.05) is 30.7 Å². The van der Waals surface area contributed by atoms with Gasteiger partial charge in [-0.25, -0.2) is 0 Å². The first kappa shape index (κ1) is 12.0. The normalized spacial score (nSPS) is 24.6. The molecule has 1 saturated heterocycles. The van der Waals surface area contributed by atoms with Gasteiger partial charge < -0.3 is 9.80 Å². The van der Waals surface area contributed by atoms with Crippen LogP contribution in [0.25, 0.3) is 0 Å². The lowest BCUT2D eigenvalue weighted by Gasteiger charge is -2.19. The van der Waals surface area contributed by atoms with Gasteiger partial charge in [-0.1, -0.05) is 0 Å². The molecule has 0 atom stereocenters. The molecule has 0 radical (unpaired) electrons. The molecule has 1 fully saturated rings. The average Bonchev–Trinajstić information content (AvgIpc) is 2.16. The predicted octanol–water partition coefficient (Wildman–Crippen LogP) is 0.554. The predicted molar refractivity (Wildman–Crippen MR) is 54.5 cm³/mol. The van der Waals surface area contributed by atoms with Crippen molar-refractivity contribution in [1.82, 2.24) is 9.80 Å². The Hall–Kier alpha value is -0.0600. The molecule has 6 heteroatoms. The fraction of sp³-hybridized carbons (Fsp3) is 1.00. The van der Waals surface area contributed by atoms with Crippen LogP contribution in [0.5, 0.6) is 0 Å². The Morgan fingerprint density at radius 3 is 1.79 bits per heavy atom. The Kier molecular flexibility index (Phi) is 5.52. The van der Waals surface area contributed by atoms with Gasteiger partial charge >= 0.3 is 8.25 Å². The van der Waals surface area contributed by atoms with Crippen LogP contribution in [0.1, 0.15) is 0 Å². The van der Waals surface area contributed by atoms with Crippen LogP contribution in [0.3, 0.4) is 0 Å². The van der Waals surface area contributed by atoms with Gasteiger partial charge in [-0.05, 0) is 14.1 Å². The van der Waals surface area contributed by atoms with Crippen LogP contribution in [-0.4, -0.2) is 63.3 Å². The van der Waals surface area contributed by atoms with E-state index < -0.39 is 8.25 Å². The Morgan fingerprint density at radius 1 is 0.929 bits per heavy atom. The van der Waals surface area contributed by atoms with E-state index in [2.05, 4.69) is 9.80 Å². The van der Waals surface area contributed by atoms with E-state index in [1.165, 1.54) is 0 Å². The van der Waals surface area contributed by atoms with Gasteiger partial charge in [0.05, 0.1) is 0 Å². The van der Waals surface area contributed by atoms with Crippen LogP contribution in [0.2, 0.25) is 0 Å². The quantitative estimate of drug-likeness (QED) is 0.559. The summed E-state index contributed by atoms with van der Waals surface area (Å²) in [7, 11) is 2.14. The van der Waals surface area contributed by atoms with Crippen molar-refractivity contribution in [3.63, 3.8) is 0 Å². The van der Waals surface area contributed by atoms with Gasteiger partial charge in [-0.2, -0.15) is 0 Å². The summed E-state index contributed by atoms with van der Waals surface area (Å²) in [6.45, 7) is 4.51. The van der Waals surface area contributed by atoms with E-state index in [-0.39, 0.29) is 0 Å². The molecule has 1 aliphatic rings. The molecule has 82 valence electrons. The maximum absolute atomic E-state index is 11.1. The maximum Gasteiger partial charge on any atom is 0.697 e. The summed E-state index contributed by atoms with van der Waals surface area (Å²) in [6.07, 6.45) is 0. The summed E-state index contributed by atoms with van der Waals surface area (Å²) >= 11 is 0. The van der Waals surface area contributed by atoms with E-state index in [4.69, 9.17) is 9.05 Å². The molecule has 0 saturated carbocycles. The third-order valence-electron chi connectivity index (χ3n) is 2.20. The summed E-state index contributed by atoms with van der Waals surface area (Å²) in [4.78, 5) is 4.32. The van der Waals surface area contributed by atoms with Gasteiger partial charge in [0.25, 0.3) is 0 Å². The number of rotatable bonds is 0. The zero-order chi connectivity index (χ0) is 10.4. The highest BCUT2D eigenvalue weighted by molar-refractivity contribution is 7.33. The molecule has 1 heterocycles. The van der Waals surface area contributed by atoms with E-state index in [1.807, 2.05) is 14.1 Å². The van der Waals surface area contributed by atoms with Crippen LogP contribution in [0, 0.1) is 0 Å². The maximum atomic E-state index is 11.1. The van der Waals surface area contributed by atoms with E-state index in [9.17, 15) is 4.57 Å². The van der Waals surface area contributed by atoms with Gasteiger partial charge in [0.15, 0.2) is 0 Å². The number of likely N-dealkylation sites (N-methyl/N-ethyl adjacent to an activating group) is 2. The summed E-state index contributed by atoms with van der Waals surface area (Å²) < 4.78 is 21.1. The van der Waals surface area contributed by atoms with Crippen molar-refractivity contribution in [1.29, 1.82) is 0 Å². The Bertz CT molecular complexity index is 173.